The zero-order valence-electron chi connectivity index (χ0n) is 14.9. The van der Waals surface area contributed by atoms with Gasteiger partial charge in [-0.1, -0.05) is 30.3 Å². The quantitative estimate of drug-likeness (QED) is 0.584. The Morgan fingerprint density at radius 2 is 1.70 bits per heavy atom. The van der Waals surface area contributed by atoms with Crippen molar-refractivity contribution < 1.29 is 14.3 Å². The van der Waals surface area contributed by atoms with Crippen LogP contribution in [0.1, 0.15) is 27.0 Å². The lowest BCUT2D eigenvalue weighted by Gasteiger charge is -2.08. The van der Waals surface area contributed by atoms with Gasteiger partial charge < -0.3 is 15.4 Å². The lowest BCUT2D eigenvalue weighted by molar-refractivity contribution is 0.104. The van der Waals surface area contributed by atoms with E-state index >= 15 is 0 Å². The van der Waals surface area contributed by atoms with Gasteiger partial charge in [0.05, 0.1) is 18.0 Å². The first-order valence-electron chi connectivity index (χ1n) is 8.62. The summed E-state index contributed by atoms with van der Waals surface area (Å²) in [4.78, 5) is 26.0. The predicted molar refractivity (Wildman–Crippen MR) is 108 cm³/mol. The lowest BCUT2D eigenvalue weighted by Crippen LogP contribution is -2.27. The number of thiophene rings is 1. The van der Waals surface area contributed by atoms with Crippen LogP contribution in [0.15, 0.2) is 66.7 Å². The number of carbonyl (C=O) groups excluding carboxylic acids is 2. The molecule has 0 aliphatic carbocycles. The predicted octanol–water partition coefficient (Wildman–Crippen LogP) is 4.70. The number of benzene rings is 2. The average molecular weight is 380 g/mol. The van der Waals surface area contributed by atoms with Crippen molar-refractivity contribution in [3.63, 3.8) is 0 Å². The fourth-order valence-corrected chi connectivity index (χ4v) is 3.38. The molecular formula is C21H20N2O3S. The standard InChI is InChI=1S/C21H20N2O3S/c1-2-26-17-10-8-16(9-11-17)23-21(25)22-14-18-12-13-19(27-18)20(24)15-6-4-3-5-7-15/h3-13H,2,14H2,1H3,(H2,22,23,25). The fraction of sp³-hybridized carbons (Fsp3) is 0.143. The van der Waals surface area contributed by atoms with E-state index in [1.165, 1.54) is 11.3 Å². The van der Waals surface area contributed by atoms with E-state index in [2.05, 4.69) is 10.6 Å². The van der Waals surface area contributed by atoms with Crippen LogP contribution in [0.25, 0.3) is 0 Å². The Balaban J connectivity index is 1.52. The number of ether oxygens (including phenoxy) is 1. The van der Waals surface area contributed by atoms with Crippen LogP contribution in [0.4, 0.5) is 10.5 Å². The van der Waals surface area contributed by atoms with E-state index in [0.717, 1.165) is 10.6 Å². The van der Waals surface area contributed by atoms with Crippen LogP contribution in [-0.4, -0.2) is 18.4 Å². The zero-order valence-corrected chi connectivity index (χ0v) is 15.7. The first kappa shape index (κ1) is 18.7. The van der Waals surface area contributed by atoms with Crippen LogP contribution >= 0.6 is 11.3 Å². The minimum atomic E-state index is -0.302. The highest BCUT2D eigenvalue weighted by Crippen LogP contribution is 2.20. The normalized spacial score (nSPS) is 10.3. The summed E-state index contributed by atoms with van der Waals surface area (Å²) in [5.41, 5.74) is 1.34. The van der Waals surface area contributed by atoms with E-state index in [4.69, 9.17) is 4.74 Å². The first-order chi connectivity index (χ1) is 13.2. The molecule has 6 heteroatoms. The molecule has 0 aliphatic heterocycles. The summed E-state index contributed by atoms with van der Waals surface area (Å²) in [6, 6.07) is 19.7. The van der Waals surface area contributed by atoms with Crippen molar-refractivity contribution in [1.82, 2.24) is 5.32 Å². The monoisotopic (exact) mass is 380 g/mol. The lowest BCUT2D eigenvalue weighted by atomic mass is 10.1. The minimum absolute atomic E-state index is 0.00862. The first-order valence-corrected chi connectivity index (χ1v) is 9.43. The van der Waals surface area contributed by atoms with E-state index in [1.54, 1.807) is 42.5 Å². The number of hydrogen-bond donors (Lipinski definition) is 2. The van der Waals surface area contributed by atoms with Gasteiger partial charge in [-0.3, -0.25) is 4.79 Å². The van der Waals surface area contributed by atoms with Crippen molar-refractivity contribution in [3.8, 4) is 5.75 Å². The number of carbonyl (C=O) groups is 2. The number of amides is 2. The van der Waals surface area contributed by atoms with Crippen molar-refractivity contribution >= 4 is 28.8 Å². The largest absolute Gasteiger partial charge is 0.494 e. The molecule has 0 unspecified atom stereocenters. The SMILES string of the molecule is CCOc1ccc(NC(=O)NCc2ccc(C(=O)c3ccccc3)s2)cc1. The van der Waals surface area contributed by atoms with Crippen LogP contribution in [-0.2, 0) is 6.54 Å². The molecule has 2 amide bonds. The molecule has 1 heterocycles. The molecule has 3 aromatic rings. The Kier molecular flexibility index (Phi) is 6.22. The van der Waals surface area contributed by atoms with Crippen LogP contribution < -0.4 is 15.4 Å². The highest BCUT2D eigenvalue weighted by Gasteiger charge is 2.12. The maximum Gasteiger partial charge on any atom is 0.319 e. The summed E-state index contributed by atoms with van der Waals surface area (Å²) >= 11 is 1.38. The van der Waals surface area contributed by atoms with Crippen LogP contribution in [0.2, 0.25) is 0 Å². The molecule has 3 rings (SSSR count). The van der Waals surface area contributed by atoms with Crippen LogP contribution in [0.3, 0.4) is 0 Å². The van der Waals surface area contributed by atoms with Crippen molar-refractivity contribution in [1.29, 1.82) is 0 Å². The van der Waals surface area contributed by atoms with E-state index in [9.17, 15) is 9.59 Å². The molecule has 0 bridgehead atoms. The molecule has 0 spiro atoms. The fourth-order valence-electron chi connectivity index (χ4n) is 2.47. The van der Waals surface area contributed by atoms with Gasteiger partial charge in [-0.2, -0.15) is 0 Å². The molecule has 0 fully saturated rings. The van der Waals surface area contributed by atoms with Crippen LogP contribution in [0, 0.1) is 0 Å². The third kappa shape index (κ3) is 5.18. The highest BCUT2D eigenvalue weighted by atomic mass is 32.1. The van der Waals surface area contributed by atoms with Gasteiger partial charge in [0.15, 0.2) is 0 Å². The van der Waals surface area contributed by atoms with Crippen molar-refractivity contribution in [2.45, 2.75) is 13.5 Å². The third-order valence-corrected chi connectivity index (χ3v) is 4.85. The van der Waals surface area contributed by atoms with Gasteiger partial charge in [-0.15, -0.1) is 11.3 Å². The van der Waals surface area contributed by atoms with Gasteiger partial charge in [-0.05, 0) is 43.3 Å². The number of urea groups is 1. The van der Waals surface area contributed by atoms with Crippen LogP contribution in [0.5, 0.6) is 5.75 Å². The molecule has 5 nitrogen and oxygen atoms in total. The highest BCUT2D eigenvalue weighted by molar-refractivity contribution is 7.14. The van der Waals surface area contributed by atoms with Crippen molar-refractivity contribution in [2.24, 2.45) is 0 Å². The molecule has 0 saturated heterocycles. The Labute approximate surface area is 162 Å². The molecule has 0 atom stereocenters. The maximum atomic E-state index is 12.4. The summed E-state index contributed by atoms with van der Waals surface area (Å²) in [6.45, 7) is 2.88. The summed E-state index contributed by atoms with van der Waals surface area (Å²) in [6.07, 6.45) is 0. The molecule has 0 saturated carbocycles. The molecule has 2 aromatic carbocycles. The number of hydrogen-bond acceptors (Lipinski definition) is 4. The minimum Gasteiger partial charge on any atom is -0.494 e. The van der Waals surface area contributed by atoms with E-state index in [-0.39, 0.29) is 11.8 Å². The van der Waals surface area contributed by atoms with Gasteiger partial charge in [0.1, 0.15) is 5.75 Å². The number of ketones is 1. The Morgan fingerprint density at radius 3 is 2.41 bits per heavy atom. The number of anilines is 1. The molecule has 138 valence electrons. The van der Waals surface area contributed by atoms with Gasteiger partial charge >= 0.3 is 6.03 Å². The zero-order chi connectivity index (χ0) is 19.1. The molecule has 2 N–H and O–H groups in total. The summed E-state index contributed by atoms with van der Waals surface area (Å²) < 4.78 is 5.37. The number of nitrogens with one attached hydrogen (secondary N) is 2. The Hall–Kier alpha value is -3.12. The van der Waals surface area contributed by atoms with Crippen molar-refractivity contribution in [3.05, 3.63) is 82.0 Å². The summed E-state index contributed by atoms with van der Waals surface area (Å²) in [5, 5.41) is 5.57. The smallest absolute Gasteiger partial charge is 0.319 e. The second-order valence-electron chi connectivity index (χ2n) is 5.73. The Morgan fingerprint density at radius 1 is 0.963 bits per heavy atom. The summed E-state index contributed by atoms with van der Waals surface area (Å²) in [7, 11) is 0. The Bertz CT molecular complexity index is 905. The summed E-state index contributed by atoms with van der Waals surface area (Å²) in [5.74, 6) is 0.753. The number of rotatable bonds is 7. The van der Waals surface area contributed by atoms with E-state index in [1.807, 2.05) is 31.2 Å². The van der Waals surface area contributed by atoms with Crippen molar-refractivity contribution in [2.75, 3.05) is 11.9 Å². The maximum absolute atomic E-state index is 12.4. The topological polar surface area (TPSA) is 67.4 Å². The molecule has 1 aromatic heterocycles. The average Bonchev–Trinajstić information content (AvgIpc) is 3.17. The molecule has 27 heavy (non-hydrogen) atoms. The molecule has 0 aliphatic rings. The van der Waals surface area contributed by atoms with E-state index < -0.39 is 0 Å². The van der Waals surface area contributed by atoms with E-state index in [0.29, 0.717) is 29.3 Å². The molecular weight excluding hydrogens is 360 g/mol. The van der Waals surface area contributed by atoms with Gasteiger partial charge in [0, 0.05) is 16.1 Å². The van der Waals surface area contributed by atoms with Gasteiger partial charge in [0.25, 0.3) is 0 Å². The second-order valence-corrected chi connectivity index (χ2v) is 6.89. The molecule has 0 radical (unpaired) electrons. The van der Waals surface area contributed by atoms with Gasteiger partial charge in [0.2, 0.25) is 5.78 Å². The second kappa shape index (κ2) is 9.00. The third-order valence-electron chi connectivity index (χ3n) is 3.77. The van der Waals surface area contributed by atoms with Gasteiger partial charge in [-0.25, -0.2) is 4.79 Å².